The Kier molecular flexibility index (Phi) is 3.80. The fraction of sp³-hybridized carbons (Fsp3) is 0.667. The van der Waals surface area contributed by atoms with E-state index in [1.165, 1.54) is 45.0 Å². The van der Waals surface area contributed by atoms with Crippen molar-refractivity contribution in [1.29, 1.82) is 0 Å². The summed E-state index contributed by atoms with van der Waals surface area (Å²) in [6, 6.07) is 0. The summed E-state index contributed by atoms with van der Waals surface area (Å²) < 4.78 is 0. The Morgan fingerprint density at radius 3 is 2.81 bits per heavy atom. The molecule has 6 nitrogen and oxygen atoms in total. The van der Waals surface area contributed by atoms with E-state index < -0.39 is 0 Å². The maximum Gasteiger partial charge on any atom is 0.254 e. The van der Waals surface area contributed by atoms with Crippen molar-refractivity contribution in [3.05, 3.63) is 17.5 Å². The molecule has 1 aromatic heterocycles. The van der Waals surface area contributed by atoms with E-state index in [0.717, 1.165) is 6.42 Å². The highest BCUT2D eigenvalue weighted by Gasteiger charge is 2.43. The third-order valence-electron chi connectivity index (χ3n) is 4.93. The van der Waals surface area contributed by atoms with Crippen molar-refractivity contribution in [1.82, 2.24) is 20.2 Å². The molecule has 0 aliphatic carbocycles. The number of carbonyl (C=O) groups excluding carboxylic acids is 1. The highest BCUT2D eigenvalue weighted by Crippen LogP contribution is 2.40. The van der Waals surface area contributed by atoms with Crippen LogP contribution < -0.4 is 11.1 Å². The van der Waals surface area contributed by atoms with E-state index in [0.29, 0.717) is 23.3 Å². The largest absolute Gasteiger partial charge is 0.368 e. The minimum atomic E-state index is -0.105. The van der Waals surface area contributed by atoms with E-state index in [1.807, 2.05) is 0 Å². The number of nitrogens with two attached hydrogens (primary N) is 1. The molecule has 3 rings (SSSR count). The zero-order chi connectivity index (χ0) is 14.9. The average molecular weight is 289 g/mol. The SMILES string of the molecule is Cc1nc(N)ncc1C(=O)NCCC12CCCN1CCC2. The predicted molar refractivity (Wildman–Crippen MR) is 80.9 cm³/mol. The van der Waals surface area contributed by atoms with Crippen LogP contribution in [-0.2, 0) is 0 Å². The van der Waals surface area contributed by atoms with Crippen LogP contribution in [-0.4, -0.2) is 45.9 Å². The van der Waals surface area contributed by atoms with Gasteiger partial charge < -0.3 is 11.1 Å². The number of hydrogen-bond acceptors (Lipinski definition) is 5. The maximum atomic E-state index is 12.2. The van der Waals surface area contributed by atoms with Crippen LogP contribution in [0.2, 0.25) is 0 Å². The summed E-state index contributed by atoms with van der Waals surface area (Å²) in [5.41, 5.74) is 6.99. The summed E-state index contributed by atoms with van der Waals surface area (Å²) in [6.07, 6.45) is 7.66. The number of aryl methyl sites for hydroxylation is 1. The molecular weight excluding hydrogens is 266 g/mol. The third kappa shape index (κ3) is 2.72. The molecule has 2 saturated heterocycles. The minimum absolute atomic E-state index is 0.105. The summed E-state index contributed by atoms with van der Waals surface area (Å²) in [5, 5.41) is 3.01. The Labute approximate surface area is 125 Å². The van der Waals surface area contributed by atoms with Crippen LogP contribution in [0.1, 0.15) is 48.2 Å². The van der Waals surface area contributed by atoms with Crippen molar-refractivity contribution < 1.29 is 4.79 Å². The van der Waals surface area contributed by atoms with Crippen molar-refractivity contribution in [2.75, 3.05) is 25.4 Å². The first-order chi connectivity index (χ1) is 10.1. The highest BCUT2D eigenvalue weighted by atomic mass is 16.1. The minimum Gasteiger partial charge on any atom is -0.368 e. The second-order valence-electron chi connectivity index (χ2n) is 6.15. The van der Waals surface area contributed by atoms with Crippen LogP contribution in [0.25, 0.3) is 0 Å². The summed E-state index contributed by atoms with van der Waals surface area (Å²) in [7, 11) is 0. The average Bonchev–Trinajstić information content (AvgIpc) is 2.97. The molecule has 0 aromatic carbocycles. The van der Waals surface area contributed by atoms with Gasteiger partial charge in [0.05, 0.1) is 11.3 Å². The molecule has 3 N–H and O–H groups in total. The predicted octanol–water partition coefficient (Wildman–Crippen LogP) is 1.12. The number of anilines is 1. The normalized spacial score (nSPS) is 20.4. The van der Waals surface area contributed by atoms with E-state index in [1.54, 1.807) is 6.92 Å². The Morgan fingerprint density at radius 1 is 1.43 bits per heavy atom. The number of amides is 1. The van der Waals surface area contributed by atoms with Gasteiger partial charge in [0, 0.05) is 18.3 Å². The number of fused-ring (bicyclic) bond motifs is 1. The molecular formula is C15H23N5O. The van der Waals surface area contributed by atoms with Gasteiger partial charge >= 0.3 is 0 Å². The van der Waals surface area contributed by atoms with Gasteiger partial charge in [0.2, 0.25) is 5.95 Å². The maximum absolute atomic E-state index is 12.2. The molecule has 0 spiro atoms. The molecule has 6 heteroatoms. The molecule has 2 fully saturated rings. The van der Waals surface area contributed by atoms with Crippen LogP contribution in [0.3, 0.4) is 0 Å². The van der Waals surface area contributed by atoms with E-state index >= 15 is 0 Å². The fourth-order valence-electron chi connectivity index (χ4n) is 3.85. The number of nitrogen functional groups attached to an aromatic ring is 1. The molecule has 21 heavy (non-hydrogen) atoms. The monoisotopic (exact) mass is 289 g/mol. The lowest BCUT2D eigenvalue weighted by atomic mass is 9.90. The van der Waals surface area contributed by atoms with E-state index in [4.69, 9.17) is 5.73 Å². The van der Waals surface area contributed by atoms with Gasteiger partial charge in [-0.15, -0.1) is 0 Å². The molecule has 0 unspecified atom stereocenters. The van der Waals surface area contributed by atoms with Gasteiger partial charge in [-0.2, -0.15) is 0 Å². The number of carbonyl (C=O) groups is 1. The molecule has 0 bridgehead atoms. The molecule has 1 aromatic rings. The van der Waals surface area contributed by atoms with E-state index in [-0.39, 0.29) is 11.9 Å². The molecule has 114 valence electrons. The Morgan fingerprint density at radius 2 is 2.14 bits per heavy atom. The van der Waals surface area contributed by atoms with Crippen molar-refractivity contribution in [2.24, 2.45) is 0 Å². The Hall–Kier alpha value is -1.69. The second kappa shape index (κ2) is 5.60. The van der Waals surface area contributed by atoms with Crippen molar-refractivity contribution >= 4 is 11.9 Å². The molecule has 0 saturated carbocycles. The quantitative estimate of drug-likeness (QED) is 0.867. The molecule has 0 atom stereocenters. The standard InChI is InChI=1S/C15H23N5O/c1-11-12(10-18-14(16)19-11)13(21)17-7-6-15-4-2-8-20(15)9-3-5-15/h10H,2-9H2,1H3,(H,17,21)(H2,16,18,19). The zero-order valence-electron chi connectivity index (χ0n) is 12.6. The summed E-state index contributed by atoms with van der Waals surface area (Å²) in [5.74, 6) is 0.0990. The molecule has 2 aliphatic heterocycles. The second-order valence-corrected chi connectivity index (χ2v) is 6.15. The van der Waals surface area contributed by atoms with Gasteiger partial charge in [0.1, 0.15) is 0 Å². The van der Waals surface area contributed by atoms with Gasteiger partial charge in [0.15, 0.2) is 0 Å². The number of nitrogens with one attached hydrogen (secondary N) is 1. The van der Waals surface area contributed by atoms with Crippen molar-refractivity contribution in [3.63, 3.8) is 0 Å². The third-order valence-corrected chi connectivity index (χ3v) is 4.93. The van der Waals surface area contributed by atoms with Crippen LogP contribution in [0.15, 0.2) is 6.20 Å². The highest BCUT2D eigenvalue weighted by molar-refractivity contribution is 5.94. The lowest BCUT2D eigenvalue weighted by molar-refractivity contribution is 0.0941. The topological polar surface area (TPSA) is 84.1 Å². The zero-order valence-corrected chi connectivity index (χ0v) is 12.6. The van der Waals surface area contributed by atoms with Crippen LogP contribution in [0, 0.1) is 6.92 Å². The van der Waals surface area contributed by atoms with Crippen LogP contribution >= 0.6 is 0 Å². The summed E-state index contributed by atoms with van der Waals surface area (Å²) >= 11 is 0. The summed E-state index contributed by atoms with van der Waals surface area (Å²) in [4.78, 5) is 22.7. The van der Waals surface area contributed by atoms with Gasteiger partial charge in [-0.3, -0.25) is 9.69 Å². The molecule has 1 amide bonds. The lowest BCUT2D eigenvalue weighted by Gasteiger charge is -2.32. The fourth-order valence-corrected chi connectivity index (χ4v) is 3.85. The van der Waals surface area contributed by atoms with Crippen LogP contribution in [0.4, 0.5) is 5.95 Å². The number of hydrogen-bond donors (Lipinski definition) is 2. The van der Waals surface area contributed by atoms with Gasteiger partial charge in [-0.05, 0) is 52.1 Å². The smallest absolute Gasteiger partial charge is 0.254 e. The summed E-state index contributed by atoms with van der Waals surface area (Å²) in [6.45, 7) is 4.93. The van der Waals surface area contributed by atoms with E-state index in [9.17, 15) is 4.79 Å². The van der Waals surface area contributed by atoms with E-state index in [2.05, 4.69) is 20.2 Å². The number of aromatic nitrogens is 2. The molecule has 2 aliphatic rings. The Balaban J connectivity index is 1.57. The van der Waals surface area contributed by atoms with Gasteiger partial charge in [-0.25, -0.2) is 9.97 Å². The van der Waals surface area contributed by atoms with Gasteiger partial charge in [-0.1, -0.05) is 0 Å². The number of nitrogens with zero attached hydrogens (tertiary/aromatic N) is 3. The van der Waals surface area contributed by atoms with Gasteiger partial charge in [0.25, 0.3) is 5.91 Å². The van der Waals surface area contributed by atoms with Crippen molar-refractivity contribution in [2.45, 2.75) is 44.6 Å². The first-order valence-electron chi connectivity index (χ1n) is 7.73. The van der Waals surface area contributed by atoms with Crippen molar-refractivity contribution in [3.8, 4) is 0 Å². The first-order valence-corrected chi connectivity index (χ1v) is 7.73. The number of rotatable bonds is 4. The lowest BCUT2D eigenvalue weighted by Crippen LogP contribution is -2.41. The van der Waals surface area contributed by atoms with Crippen LogP contribution in [0.5, 0.6) is 0 Å². The first kappa shape index (κ1) is 14.3. The Bertz CT molecular complexity index is 535. The molecule has 3 heterocycles. The molecule has 0 radical (unpaired) electrons.